The maximum absolute atomic E-state index is 3.06. The summed E-state index contributed by atoms with van der Waals surface area (Å²) in [7, 11) is 0. The van der Waals surface area contributed by atoms with Crippen LogP contribution in [0.15, 0.2) is 115 Å². The molecule has 7 aromatic carbocycles. The molecule has 0 saturated heterocycles. The van der Waals surface area contributed by atoms with Gasteiger partial charge in [0.2, 0.25) is 0 Å². The Balaban J connectivity index is 0.000000507. The summed E-state index contributed by atoms with van der Waals surface area (Å²) in [5.41, 5.74) is 17.8. The number of benzene rings is 5. The summed E-state index contributed by atoms with van der Waals surface area (Å²) in [5.74, 6) is 0. The fourth-order valence-electron chi connectivity index (χ4n) is 7.41. The van der Waals surface area contributed by atoms with E-state index in [1.54, 1.807) is 0 Å². The summed E-state index contributed by atoms with van der Waals surface area (Å²) >= 11 is 1.36. The van der Waals surface area contributed by atoms with Crippen LogP contribution in [0.2, 0.25) is 0 Å². The first-order valence-corrected chi connectivity index (χ1v) is 22.2. The number of hydrogen-bond acceptors (Lipinski definition) is 0. The first-order chi connectivity index (χ1) is 24.1. The summed E-state index contributed by atoms with van der Waals surface area (Å²) in [4.78, 5) is 0. The van der Waals surface area contributed by atoms with Gasteiger partial charge in [-0.15, -0.1) is 93.4 Å². The zero-order valence-electron chi connectivity index (χ0n) is 35.3. The summed E-state index contributed by atoms with van der Waals surface area (Å²) < 4.78 is 0. The molecule has 2 radical (unpaired) electrons. The molecule has 0 aliphatic rings. The predicted octanol–water partition coefficient (Wildman–Crippen LogP) is 15.6. The topological polar surface area (TPSA) is 0 Å². The summed E-state index contributed by atoms with van der Waals surface area (Å²) in [6.45, 7) is 27.6. The summed E-state index contributed by atoms with van der Waals surface area (Å²) in [6.07, 6.45) is 0. The van der Waals surface area contributed by atoms with Crippen molar-refractivity contribution in [2.24, 2.45) is 0 Å². The second-order valence-electron chi connectivity index (χ2n) is 16.3. The van der Waals surface area contributed by atoms with Gasteiger partial charge in [0.25, 0.3) is 0 Å². The third-order valence-corrected chi connectivity index (χ3v) is 10.1. The average Bonchev–Trinajstić information content (AvgIpc) is 3.69. The Morgan fingerprint density at radius 2 is 0.982 bits per heavy atom. The third-order valence-electron chi connectivity index (χ3n) is 10.1. The third kappa shape index (κ3) is 11.3. The maximum atomic E-state index is 3.06. The molecule has 0 aliphatic carbocycles. The minimum atomic E-state index is 0. The van der Waals surface area contributed by atoms with Gasteiger partial charge in [-0.3, -0.25) is 0 Å². The fourth-order valence-corrected chi connectivity index (χ4v) is 7.41. The molecular weight excluding hydrogens is 803 g/mol. The van der Waals surface area contributed by atoms with E-state index in [1.165, 1.54) is 117 Å². The van der Waals surface area contributed by atoms with E-state index < -0.39 is 0 Å². The molecule has 0 nitrogen and oxygen atoms in total. The van der Waals surface area contributed by atoms with Crippen molar-refractivity contribution in [3.8, 4) is 33.4 Å². The second kappa shape index (κ2) is 20.4. The van der Waals surface area contributed by atoms with Crippen molar-refractivity contribution in [3.63, 3.8) is 0 Å². The molecule has 7 aromatic rings. The molecule has 290 valence electrons. The second-order valence-corrected chi connectivity index (χ2v) is 16.3. The molecule has 4 heteroatoms. The van der Waals surface area contributed by atoms with E-state index in [0.717, 1.165) is 0 Å². The van der Waals surface area contributed by atoms with Crippen LogP contribution >= 0.6 is 24.8 Å². The molecule has 0 bridgehead atoms. The van der Waals surface area contributed by atoms with E-state index in [4.69, 9.17) is 0 Å². The van der Waals surface area contributed by atoms with Gasteiger partial charge in [0.15, 0.2) is 0 Å². The van der Waals surface area contributed by atoms with E-state index in [-0.39, 0.29) is 50.5 Å². The van der Waals surface area contributed by atoms with Crippen molar-refractivity contribution in [2.45, 2.75) is 87.0 Å². The first kappa shape index (κ1) is 50.0. The molecule has 0 atom stereocenters. The number of hydrogen-bond donors (Lipinski definition) is 0. The van der Waals surface area contributed by atoms with E-state index in [2.05, 4.69) is 198 Å². The van der Waals surface area contributed by atoms with Crippen LogP contribution < -0.4 is 0 Å². The Labute approximate surface area is 363 Å². The zero-order chi connectivity index (χ0) is 37.2. The number of aryl methyl sites for hydroxylation is 5. The Morgan fingerprint density at radius 3 is 1.45 bits per heavy atom. The van der Waals surface area contributed by atoms with Crippen LogP contribution in [0, 0.1) is 49.5 Å². The fraction of sp³-hybridized carbons (Fsp3) is 0.255. The molecule has 0 heterocycles. The van der Waals surface area contributed by atoms with Gasteiger partial charge in [-0.2, -0.15) is 6.07 Å². The molecule has 0 aliphatic heterocycles. The molecule has 7 rings (SSSR count). The molecule has 0 saturated carbocycles. The van der Waals surface area contributed by atoms with Crippen LogP contribution in [0.3, 0.4) is 0 Å². The quantitative estimate of drug-likeness (QED) is 0.123. The van der Waals surface area contributed by atoms with Gasteiger partial charge < -0.3 is 14.9 Å². The average molecular weight is 863 g/mol. The molecule has 0 amide bonds. The van der Waals surface area contributed by atoms with Crippen LogP contribution in [0.25, 0.3) is 54.9 Å². The van der Waals surface area contributed by atoms with Crippen LogP contribution in [0.5, 0.6) is 0 Å². The summed E-state index contributed by atoms with van der Waals surface area (Å²) in [6, 6.07) is 43.1. The van der Waals surface area contributed by atoms with Gasteiger partial charge in [-0.1, -0.05) is 168 Å². The van der Waals surface area contributed by atoms with Gasteiger partial charge >= 0.3 is 30.2 Å². The van der Waals surface area contributed by atoms with Crippen molar-refractivity contribution in [1.29, 1.82) is 0 Å². The van der Waals surface area contributed by atoms with Crippen molar-refractivity contribution in [1.82, 2.24) is 0 Å². The predicted molar refractivity (Wildman–Crippen MR) is 250 cm³/mol. The Bertz CT molecular complexity index is 2270. The van der Waals surface area contributed by atoms with Crippen molar-refractivity contribution in [2.75, 3.05) is 0 Å². The van der Waals surface area contributed by atoms with Crippen LogP contribution in [-0.2, 0) is 34.2 Å². The number of halogens is 2. The normalized spacial score (nSPS) is 10.7. The first-order valence-electron chi connectivity index (χ1n) is 18.0. The van der Waals surface area contributed by atoms with Crippen LogP contribution in [0.4, 0.5) is 0 Å². The Hall–Kier alpha value is -3.00. The monoisotopic (exact) mass is 860 g/mol. The summed E-state index contributed by atoms with van der Waals surface area (Å²) in [5, 5.41) is 5.40. The van der Waals surface area contributed by atoms with Crippen LogP contribution in [0.1, 0.15) is 80.5 Å². The number of rotatable bonds is 3. The van der Waals surface area contributed by atoms with Gasteiger partial charge in [0, 0.05) is 0 Å². The molecule has 55 heavy (non-hydrogen) atoms. The molecule has 0 aromatic heterocycles. The standard InChI is InChI=1S/C28H29.C21H23.2CH3.2ClH.Si.Zr/c1-18-14-19(2)27(20(3)15-18)23-16-22-8-7-9-25(26(22)17-23)21-10-12-24(13-11-21)28(4,5)6;1-14-12-19-15(2)6-11-18(20(19)13-14)16-7-9-17(10-8-16)21(3,4)5;;;;;;/h7-17H,1-6H3;6-13H,1-5H3;2*1H3;2*1H;;/q4*-1;;;;. The zero-order valence-corrected chi connectivity index (χ0v) is 40.4. The Kier molecular flexibility index (Phi) is 18.6. The Morgan fingerprint density at radius 1 is 0.509 bits per heavy atom. The molecule has 0 unspecified atom stereocenters. The molecule has 0 fully saturated rings. The van der Waals surface area contributed by atoms with Crippen molar-refractivity contribution < 1.29 is 23.3 Å². The molecular formula is C51H60Cl2SiZr-4. The van der Waals surface area contributed by atoms with E-state index >= 15 is 0 Å². The van der Waals surface area contributed by atoms with E-state index in [0.29, 0.717) is 0 Å². The SMILES string of the molecule is Cc1cc(C)c(-c2cc3c(-c4ccc(C(C)(C)C)cc4)cccc3[cH-]2)c(C)c1.Cc1cc2c(-c3ccc(C(C)(C)C)cc3)ccc(C)c2[cH-]1.Cl.Cl.[CH3-].[CH3-].[Si]=[Zr]. The van der Waals surface area contributed by atoms with Crippen molar-refractivity contribution >= 4 is 53.2 Å². The molecule has 0 N–H and O–H groups in total. The van der Waals surface area contributed by atoms with Gasteiger partial charge in [-0.25, -0.2) is 0 Å². The van der Waals surface area contributed by atoms with E-state index in [1.807, 2.05) is 0 Å². The number of fused-ring (bicyclic) bond motifs is 2. The molecule has 0 spiro atoms. The van der Waals surface area contributed by atoms with E-state index in [9.17, 15) is 0 Å². The minimum absolute atomic E-state index is 0. The van der Waals surface area contributed by atoms with Gasteiger partial charge in [0.1, 0.15) is 0 Å². The van der Waals surface area contributed by atoms with Gasteiger partial charge in [-0.05, 0) is 53.9 Å². The van der Waals surface area contributed by atoms with Crippen LogP contribution in [-0.4, -0.2) is 6.88 Å². The van der Waals surface area contributed by atoms with Crippen molar-refractivity contribution in [3.05, 3.63) is 169 Å². The van der Waals surface area contributed by atoms with Gasteiger partial charge in [0.05, 0.1) is 0 Å².